The number of nitrogens with zero attached hydrogens (tertiary/aromatic N) is 4. The predicted octanol–water partition coefficient (Wildman–Crippen LogP) is -0.312. The molecule has 0 aliphatic carbocycles. The van der Waals surface area contributed by atoms with Crippen molar-refractivity contribution in [2.75, 3.05) is 38.2 Å². The zero-order chi connectivity index (χ0) is 13.7. The highest BCUT2D eigenvalue weighted by Gasteiger charge is 2.23. The van der Waals surface area contributed by atoms with Gasteiger partial charge in [0, 0.05) is 38.6 Å². The minimum atomic E-state index is -0.501. The monoisotopic (exact) mass is 264 g/mol. The van der Waals surface area contributed by atoms with Crippen LogP contribution in [0.1, 0.15) is 6.42 Å². The van der Waals surface area contributed by atoms with Gasteiger partial charge in [-0.05, 0) is 6.07 Å². The maximum Gasteiger partial charge on any atom is 0.315 e. The first-order valence-corrected chi connectivity index (χ1v) is 6.07. The molecule has 19 heavy (non-hydrogen) atoms. The third-order valence-electron chi connectivity index (χ3n) is 2.99. The number of aromatic nitrogens is 2. The first-order chi connectivity index (χ1) is 9.20. The second-order valence-corrected chi connectivity index (χ2v) is 4.17. The summed E-state index contributed by atoms with van der Waals surface area (Å²) in [5, 5.41) is 0. The van der Waals surface area contributed by atoms with Crippen molar-refractivity contribution in [3.63, 3.8) is 0 Å². The fraction of sp³-hybridized carbons (Fsp3) is 0.500. The molecular weight excluding hydrogens is 248 g/mol. The van der Waals surface area contributed by atoms with Crippen molar-refractivity contribution in [3.05, 3.63) is 18.5 Å². The van der Waals surface area contributed by atoms with Gasteiger partial charge in [0.05, 0.1) is 7.11 Å². The summed E-state index contributed by atoms with van der Waals surface area (Å²) in [5.41, 5.74) is 0. The van der Waals surface area contributed by atoms with Gasteiger partial charge in [-0.2, -0.15) is 0 Å². The summed E-state index contributed by atoms with van der Waals surface area (Å²) in [6, 6.07) is 1.76. The van der Waals surface area contributed by atoms with Crippen LogP contribution >= 0.6 is 0 Å². The quantitative estimate of drug-likeness (QED) is 0.550. The van der Waals surface area contributed by atoms with Gasteiger partial charge in [0.25, 0.3) is 0 Å². The SMILES string of the molecule is COC(=O)CC(=O)N1CCN(c2ncccn2)CC1. The normalized spacial score (nSPS) is 15.2. The van der Waals surface area contributed by atoms with Gasteiger partial charge in [0.1, 0.15) is 6.42 Å². The number of hydrogen-bond donors (Lipinski definition) is 0. The van der Waals surface area contributed by atoms with E-state index in [0.29, 0.717) is 32.1 Å². The number of carbonyl (C=O) groups is 2. The third kappa shape index (κ3) is 3.40. The first-order valence-electron chi connectivity index (χ1n) is 6.07. The third-order valence-corrected chi connectivity index (χ3v) is 2.99. The number of methoxy groups -OCH3 is 1. The van der Waals surface area contributed by atoms with E-state index >= 15 is 0 Å². The Morgan fingerprint density at radius 1 is 1.21 bits per heavy atom. The summed E-state index contributed by atoms with van der Waals surface area (Å²) in [7, 11) is 1.28. The largest absolute Gasteiger partial charge is 0.469 e. The molecule has 0 aromatic carbocycles. The molecule has 1 aromatic heterocycles. The molecule has 2 heterocycles. The van der Waals surface area contributed by atoms with Crippen LogP contribution in [0.25, 0.3) is 0 Å². The number of anilines is 1. The van der Waals surface area contributed by atoms with Crippen molar-refractivity contribution in [1.82, 2.24) is 14.9 Å². The van der Waals surface area contributed by atoms with Crippen molar-refractivity contribution in [2.24, 2.45) is 0 Å². The van der Waals surface area contributed by atoms with Crippen molar-refractivity contribution < 1.29 is 14.3 Å². The number of esters is 1. The van der Waals surface area contributed by atoms with Crippen LogP contribution in [0.3, 0.4) is 0 Å². The lowest BCUT2D eigenvalue weighted by atomic mass is 10.3. The minimum Gasteiger partial charge on any atom is -0.469 e. The number of carbonyl (C=O) groups excluding carboxylic acids is 2. The van der Waals surface area contributed by atoms with E-state index in [1.807, 2.05) is 4.90 Å². The van der Waals surface area contributed by atoms with E-state index in [-0.39, 0.29) is 12.3 Å². The average Bonchev–Trinajstić information content (AvgIpc) is 2.48. The van der Waals surface area contributed by atoms with Crippen LogP contribution in [0.2, 0.25) is 0 Å². The molecule has 0 bridgehead atoms. The molecule has 7 heteroatoms. The molecule has 1 aromatic rings. The molecule has 2 rings (SSSR count). The highest BCUT2D eigenvalue weighted by molar-refractivity contribution is 5.94. The Bertz CT molecular complexity index is 444. The number of hydrogen-bond acceptors (Lipinski definition) is 6. The van der Waals surface area contributed by atoms with Crippen LogP contribution < -0.4 is 4.90 Å². The molecule has 0 radical (unpaired) electrons. The van der Waals surface area contributed by atoms with Gasteiger partial charge in [0.2, 0.25) is 11.9 Å². The summed E-state index contributed by atoms with van der Waals surface area (Å²) < 4.78 is 4.49. The summed E-state index contributed by atoms with van der Waals surface area (Å²) in [6.07, 6.45) is 3.19. The summed E-state index contributed by atoms with van der Waals surface area (Å²) in [5.74, 6) is -0.0260. The Labute approximate surface area is 111 Å². The summed E-state index contributed by atoms with van der Waals surface area (Å²) >= 11 is 0. The van der Waals surface area contributed by atoms with Gasteiger partial charge in [-0.3, -0.25) is 9.59 Å². The predicted molar refractivity (Wildman–Crippen MR) is 67.5 cm³/mol. The highest BCUT2D eigenvalue weighted by atomic mass is 16.5. The Balaban J connectivity index is 1.86. The molecule has 1 amide bonds. The molecule has 1 saturated heterocycles. The van der Waals surface area contributed by atoms with Crippen LogP contribution in [-0.2, 0) is 14.3 Å². The Morgan fingerprint density at radius 3 is 2.42 bits per heavy atom. The number of ether oxygens (including phenoxy) is 1. The molecule has 1 aliphatic rings. The van der Waals surface area contributed by atoms with E-state index in [9.17, 15) is 9.59 Å². The zero-order valence-electron chi connectivity index (χ0n) is 10.8. The van der Waals surface area contributed by atoms with Crippen molar-refractivity contribution >= 4 is 17.8 Å². The number of amides is 1. The van der Waals surface area contributed by atoms with Gasteiger partial charge in [0.15, 0.2) is 0 Å². The van der Waals surface area contributed by atoms with Crippen LogP contribution in [0.15, 0.2) is 18.5 Å². The second kappa shape index (κ2) is 6.12. The molecule has 7 nitrogen and oxygen atoms in total. The molecule has 0 saturated carbocycles. The highest BCUT2D eigenvalue weighted by Crippen LogP contribution is 2.10. The standard InChI is InChI=1S/C12H16N4O3/c1-19-11(18)9-10(17)15-5-7-16(8-6-15)12-13-3-2-4-14-12/h2-4H,5-9H2,1H3. The Kier molecular flexibility index (Phi) is 4.27. The lowest BCUT2D eigenvalue weighted by Crippen LogP contribution is -2.49. The van der Waals surface area contributed by atoms with Crippen molar-refractivity contribution in [3.8, 4) is 0 Å². The van der Waals surface area contributed by atoms with Crippen LogP contribution in [0.5, 0.6) is 0 Å². The fourth-order valence-corrected chi connectivity index (χ4v) is 1.92. The Morgan fingerprint density at radius 2 is 1.84 bits per heavy atom. The lowest BCUT2D eigenvalue weighted by Gasteiger charge is -2.34. The van der Waals surface area contributed by atoms with E-state index in [0.717, 1.165) is 0 Å². The maximum atomic E-state index is 11.8. The second-order valence-electron chi connectivity index (χ2n) is 4.17. The van der Waals surface area contributed by atoms with E-state index in [2.05, 4.69) is 14.7 Å². The molecule has 1 aliphatic heterocycles. The van der Waals surface area contributed by atoms with E-state index in [1.54, 1.807) is 23.4 Å². The topological polar surface area (TPSA) is 75.6 Å². The van der Waals surface area contributed by atoms with Gasteiger partial charge >= 0.3 is 5.97 Å². The maximum absolute atomic E-state index is 11.8. The van der Waals surface area contributed by atoms with Gasteiger partial charge in [-0.1, -0.05) is 0 Å². The van der Waals surface area contributed by atoms with Crippen molar-refractivity contribution in [2.45, 2.75) is 6.42 Å². The number of rotatable bonds is 3. The van der Waals surface area contributed by atoms with Gasteiger partial charge in [-0.15, -0.1) is 0 Å². The minimum absolute atomic E-state index is 0.194. The zero-order valence-corrected chi connectivity index (χ0v) is 10.8. The van der Waals surface area contributed by atoms with Crippen molar-refractivity contribution in [1.29, 1.82) is 0 Å². The molecule has 102 valence electrons. The Hall–Kier alpha value is -2.18. The average molecular weight is 264 g/mol. The van der Waals surface area contributed by atoms with Crippen LogP contribution in [0.4, 0.5) is 5.95 Å². The first kappa shape index (κ1) is 13.3. The summed E-state index contributed by atoms with van der Waals surface area (Å²) in [6.45, 7) is 2.45. The van der Waals surface area contributed by atoms with Gasteiger partial charge in [-0.25, -0.2) is 9.97 Å². The van der Waals surface area contributed by atoms with E-state index < -0.39 is 5.97 Å². The van der Waals surface area contributed by atoms with E-state index in [4.69, 9.17) is 0 Å². The number of piperazine rings is 1. The molecule has 0 N–H and O–H groups in total. The van der Waals surface area contributed by atoms with Gasteiger partial charge < -0.3 is 14.5 Å². The summed E-state index contributed by atoms with van der Waals surface area (Å²) in [4.78, 5) is 34.9. The molecular formula is C12H16N4O3. The fourth-order valence-electron chi connectivity index (χ4n) is 1.92. The van der Waals surface area contributed by atoms with Crippen LogP contribution in [-0.4, -0.2) is 60.0 Å². The molecule has 0 atom stereocenters. The molecule has 0 spiro atoms. The molecule has 1 fully saturated rings. The molecule has 0 unspecified atom stereocenters. The van der Waals surface area contributed by atoms with Crippen LogP contribution in [0, 0.1) is 0 Å². The van der Waals surface area contributed by atoms with E-state index in [1.165, 1.54) is 7.11 Å². The smallest absolute Gasteiger partial charge is 0.315 e. The lowest BCUT2D eigenvalue weighted by molar-refractivity contribution is -0.146.